The normalized spacial score (nSPS) is 10.5. The Kier molecular flexibility index (Phi) is 5.04. The molecule has 6 nitrogen and oxygen atoms in total. The van der Waals surface area contributed by atoms with Crippen molar-refractivity contribution in [3.8, 4) is 5.75 Å². The summed E-state index contributed by atoms with van der Waals surface area (Å²) in [7, 11) is 1.27. The molecule has 0 N–H and O–H groups in total. The summed E-state index contributed by atoms with van der Waals surface area (Å²) in [5, 5.41) is 0.565. The van der Waals surface area contributed by atoms with Crippen molar-refractivity contribution in [2.45, 2.75) is 5.88 Å². The first-order valence-corrected chi connectivity index (χ1v) is 8.08. The average molecular weight is 373 g/mol. The van der Waals surface area contributed by atoms with Crippen LogP contribution in [0, 0.1) is 0 Å². The first-order chi connectivity index (χ1) is 12.5. The summed E-state index contributed by atoms with van der Waals surface area (Å²) >= 11 is 5.80. The van der Waals surface area contributed by atoms with Crippen LogP contribution in [0.3, 0.4) is 0 Å². The van der Waals surface area contributed by atoms with E-state index >= 15 is 0 Å². The predicted octanol–water partition coefficient (Wildman–Crippen LogP) is 3.54. The predicted molar refractivity (Wildman–Crippen MR) is 94.8 cm³/mol. The van der Waals surface area contributed by atoms with Gasteiger partial charge in [-0.15, -0.1) is 11.6 Å². The van der Waals surface area contributed by atoms with E-state index in [0.717, 1.165) is 5.56 Å². The SMILES string of the molecule is COC(=O)c1ccc(OC(=O)c2cc3cc(CCl)ccc3oc2=O)cc1. The van der Waals surface area contributed by atoms with Crippen LogP contribution in [0.1, 0.15) is 26.3 Å². The van der Waals surface area contributed by atoms with Crippen molar-refractivity contribution < 1.29 is 23.5 Å². The van der Waals surface area contributed by atoms with Gasteiger partial charge in [-0.25, -0.2) is 14.4 Å². The minimum absolute atomic E-state index is 0.177. The van der Waals surface area contributed by atoms with Crippen molar-refractivity contribution in [2.75, 3.05) is 7.11 Å². The Morgan fingerprint density at radius 1 is 1.04 bits per heavy atom. The molecule has 132 valence electrons. The highest BCUT2D eigenvalue weighted by Crippen LogP contribution is 2.19. The van der Waals surface area contributed by atoms with Crippen LogP contribution in [0.4, 0.5) is 0 Å². The zero-order valence-electron chi connectivity index (χ0n) is 13.7. The van der Waals surface area contributed by atoms with Crippen molar-refractivity contribution >= 4 is 34.5 Å². The van der Waals surface area contributed by atoms with Gasteiger partial charge in [0.1, 0.15) is 16.9 Å². The number of hydrogen-bond donors (Lipinski definition) is 0. The monoisotopic (exact) mass is 372 g/mol. The van der Waals surface area contributed by atoms with Crippen LogP contribution < -0.4 is 10.4 Å². The highest BCUT2D eigenvalue weighted by Gasteiger charge is 2.17. The smallest absolute Gasteiger partial charge is 0.351 e. The molecule has 0 radical (unpaired) electrons. The van der Waals surface area contributed by atoms with Gasteiger partial charge in [0, 0.05) is 11.3 Å². The minimum Gasteiger partial charge on any atom is -0.465 e. The minimum atomic E-state index is -0.859. The third kappa shape index (κ3) is 3.60. The molecule has 0 unspecified atom stereocenters. The molecular formula is C19H13ClO6. The molecule has 0 bridgehead atoms. The molecule has 0 aliphatic heterocycles. The maximum Gasteiger partial charge on any atom is 0.351 e. The average Bonchev–Trinajstić information content (AvgIpc) is 2.67. The Hall–Kier alpha value is -3.12. The van der Waals surface area contributed by atoms with E-state index in [9.17, 15) is 14.4 Å². The van der Waals surface area contributed by atoms with Gasteiger partial charge in [0.2, 0.25) is 0 Å². The fraction of sp³-hybridized carbons (Fsp3) is 0.105. The van der Waals surface area contributed by atoms with E-state index in [2.05, 4.69) is 4.74 Å². The zero-order chi connectivity index (χ0) is 18.7. The van der Waals surface area contributed by atoms with Gasteiger partial charge in [-0.3, -0.25) is 0 Å². The molecule has 2 aromatic carbocycles. The maximum atomic E-state index is 12.3. The number of fused-ring (bicyclic) bond motifs is 1. The summed E-state index contributed by atoms with van der Waals surface area (Å²) in [6, 6.07) is 12.2. The van der Waals surface area contributed by atoms with Crippen molar-refractivity contribution in [3.05, 3.63) is 75.6 Å². The summed E-state index contributed by atoms with van der Waals surface area (Å²) in [5.74, 6) is -0.894. The molecule has 0 saturated heterocycles. The van der Waals surface area contributed by atoms with E-state index in [0.29, 0.717) is 22.4 Å². The molecule has 0 atom stereocenters. The molecule has 26 heavy (non-hydrogen) atoms. The lowest BCUT2D eigenvalue weighted by Gasteiger charge is -2.06. The number of benzene rings is 2. The number of hydrogen-bond acceptors (Lipinski definition) is 6. The van der Waals surface area contributed by atoms with Gasteiger partial charge in [-0.1, -0.05) is 6.07 Å². The molecular weight excluding hydrogens is 360 g/mol. The van der Waals surface area contributed by atoms with Gasteiger partial charge in [0.05, 0.1) is 12.7 Å². The molecule has 0 spiro atoms. The van der Waals surface area contributed by atoms with Crippen molar-refractivity contribution in [1.29, 1.82) is 0 Å². The van der Waals surface area contributed by atoms with Crippen LogP contribution in [0.25, 0.3) is 11.0 Å². The van der Waals surface area contributed by atoms with E-state index in [1.54, 1.807) is 18.2 Å². The van der Waals surface area contributed by atoms with Crippen molar-refractivity contribution in [3.63, 3.8) is 0 Å². The molecule has 0 aliphatic rings. The van der Waals surface area contributed by atoms with E-state index in [4.69, 9.17) is 20.8 Å². The number of rotatable bonds is 4. The molecule has 7 heteroatoms. The molecule has 0 saturated carbocycles. The number of methoxy groups -OCH3 is 1. The molecule has 1 aromatic heterocycles. The summed E-state index contributed by atoms with van der Waals surface area (Å²) in [6.07, 6.45) is 0. The highest BCUT2D eigenvalue weighted by atomic mass is 35.5. The Morgan fingerprint density at radius 2 is 1.77 bits per heavy atom. The van der Waals surface area contributed by atoms with Gasteiger partial charge in [0.25, 0.3) is 0 Å². The number of carbonyl (C=O) groups excluding carboxylic acids is 2. The van der Waals surface area contributed by atoms with E-state index < -0.39 is 17.6 Å². The van der Waals surface area contributed by atoms with Crippen LogP contribution in [0.2, 0.25) is 0 Å². The lowest BCUT2D eigenvalue weighted by Crippen LogP contribution is -2.18. The molecule has 0 aliphatic carbocycles. The number of ether oxygens (including phenoxy) is 2. The van der Waals surface area contributed by atoms with Crippen molar-refractivity contribution in [1.82, 2.24) is 0 Å². The Balaban J connectivity index is 1.88. The van der Waals surface area contributed by atoms with Gasteiger partial charge in [0.15, 0.2) is 0 Å². The van der Waals surface area contributed by atoms with E-state index in [1.807, 2.05) is 0 Å². The zero-order valence-corrected chi connectivity index (χ0v) is 14.4. The molecule has 3 rings (SSSR count). The Labute approximate surface area is 152 Å². The molecule has 1 heterocycles. The topological polar surface area (TPSA) is 82.8 Å². The molecule has 0 fully saturated rings. The maximum absolute atomic E-state index is 12.3. The van der Waals surface area contributed by atoms with Gasteiger partial charge < -0.3 is 13.9 Å². The largest absolute Gasteiger partial charge is 0.465 e. The quantitative estimate of drug-likeness (QED) is 0.301. The van der Waals surface area contributed by atoms with Crippen LogP contribution in [0.5, 0.6) is 5.75 Å². The van der Waals surface area contributed by atoms with Crippen molar-refractivity contribution in [2.24, 2.45) is 0 Å². The second-order valence-corrected chi connectivity index (χ2v) is 5.63. The fourth-order valence-corrected chi connectivity index (χ4v) is 2.50. The van der Waals surface area contributed by atoms with Gasteiger partial charge in [-0.2, -0.15) is 0 Å². The second-order valence-electron chi connectivity index (χ2n) is 5.36. The van der Waals surface area contributed by atoms with Crippen LogP contribution in [0.15, 0.2) is 57.7 Å². The number of alkyl halides is 1. The summed E-state index contributed by atoms with van der Waals surface area (Å²) in [5.41, 5.74) is 0.452. The highest BCUT2D eigenvalue weighted by molar-refractivity contribution is 6.17. The first kappa shape index (κ1) is 17.7. The van der Waals surface area contributed by atoms with Gasteiger partial charge >= 0.3 is 17.6 Å². The van der Waals surface area contributed by atoms with E-state index in [1.165, 1.54) is 37.4 Å². The summed E-state index contributed by atoms with van der Waals surface area (Å²) in [4.78, 5) is 35.8. The lowest BCUT2D eigenvalue weighted by atomic mass is 10.1. The first-order valence-electron chi connectivity index (χ1n) is 7.55. The fourth-order valence-electron chi connectivity index (χ4n) is 2.34. The van der Waals surface area contributed by atoms with Crippen LogP contribution in [-0.2, 0) is 10.6 Å². The molecule has 3 aromatic rings. The Morgan fingerprint density at radius 3 is 2.42 bits per heavy atom. The van der Waals surface area contributed by atoms with Crippen LogP contribution in [-0.4, -0.2) is 19.0 Å². The Bertz CT molecular complexity index is 1040. The van der Waals surface area contributed by atoms with E-state index in [-0.39, 0.29) is 11.3 Å². The lowest BCUT2D eigenvalue weighted by molar-refractivity contribution is 0.0600. The van der Waals surface area contributed by atoms with Crippen LogP contribution >= 0.6 is 11.6 Å². The summed E-state index contributed by atoms with van der Waals surface area (Å²) in [6.45, 7) is 0. The standard InChI is InChI=1S/C19H13ClO6/c1-24-17(21)12-3-5-14(6-4-12)25-18(22)15-9-13-8-11(10-20)2-7-16(13)26-19(15)23/h2-9H,10H2,1H3. The molecule has 0 amide bonds. The number of halogens is 1. The third-order valence-electron chi connectivity index (χ3n) is 3.66. The van der Waals surface area contributed by atoms with Gasteiger partial charge in [-0.05, 0) is 48.0 Å². The third-order valence-corrected chi connectivity index (χ3v) is 3.97. The number of carbonyl (C=O) groups is 2. The second kappa shape index (κ2) is 7.41. The summed E-state index contributed by atoms with van der Waals surface area (Å²) < 4.78 is 14.9. The number of esters is 2.